The minimum atomic E-state index is -0.342. The Bertz CT molecular complexity index is 989. The molecule has 0 bridgehead atoms. The highest BCUT2D eigenvalue weighted by molar-refractivity contribution is 6.09. The number of carbonyl (C=O) groups is 2. The van der Waals surface area contributed by atoms with Crippen molar-refractivity contribution in [1.82, 2.24) is 14.7 Å². The van der Waals surface area contributed by atoms with Crippen molar-refractivity contribution in [3.05, 3.63) is 65.2 Å². The Morgan fingerprint density at radius 1 is 1.04 bits per heavy atom. The van der Waals surface area contributed by atoms with Gasteiger partial charge in [-0.2, -0.15) is 0 Å². The van der Waals surface area contributed by atoms with Crippen LogP contribution in [0.5, 0.6) is 0 Å². The van der Waals surface area contributed by atoms with Gasteiger partial charge in [0, 0.05) is 17.9 Å². The van der Waals surface area contributed by atoms with Crippen LogP contribution in [-0.2, 0) is 0 Å². The Hall–Kier alpha value is -3.15. The Morgan fingerprint density at radius 3 is 2.54 bits per heavy atom. The molecule has 2 N–H and O–H groups in total. The third kappa shape index (κ3) is 3.31. The van der Waals surface area contributed by atoms with Crippen molar-refractivity contribution in [1.29, 1.82) is 0 Å². The third-order valence-electron chi connectivity index (χ3n) is 4.24. The molecule has 1 aromatic carbocycles. The van der Waals surface area contributed by atoms with Crippen LogP contribution in [0, 0.1) is 13.8 Å². The Kier molecular flexibility index (Phi) is 4.75. The second-order valence-electron chi connectivity index (χ2n) is 6.57. The zero-order valence-electron chi connectivity index (χ0n) is 15.3. The van der Waals surface area contributed by atoms with E-state index in [0.29, 0.717) is 5.52 Å². The number of anilines is 1. The molecule has 0 unspecified atom stereocenters. The number of aromatic nitrogens is 2. The first-order chi connectivity index (χ1) is 12.4. The molecule has 0 saturated heterocycles. The number of benzene rings is 1. The van der Waals surface area contributed by atoms with Crippen molar-refractivity contribution in [2.45, 2.75) is 33.7 Å². The van der Waals surface area contributed by atoms with Crippen molar-refractivity contribution >= 4 is 23.0 Å². The van der Waals surface area contributed by atoms with E-state index in [-0.39, 0.29) is 29.4 Å². The van der Waals surface area contributed by atoms with Gasteiger partial charge in [0.1, 0.15) is 0 Å². The van der Waals surface area contributed by atoms with Crippen molar-refractivity contribution in [2.24, 2.45) is 0 Å². The molecule has 6 nitrogen and oxygen atoms in total. The summed E-state index contributed by atoms with van der Waals surface area (Å²) in [6.07, 6.45) is 1.73. The fourth-order valence-electron chi connectivity index (χ4n) is 2.76. The first-order valence-corrected chi connectivity index (χ1v) is 8.54. The van der Waals surface area contributed by atoms with Crippen LogP contribution in [0.4, 0.5) is 5.69 Å². The van der Waals surface area contributed by atoms with Crippen molar-refractivity contribution < 1.29 is 9.59 Å². The van der Waals surface area contributed by atoms with E-state index in [1.807, 2.05) is 52.0 Å². The molecule has 2 heterocycles. The maximum Gasteiger partial charge on any atom is 0.287 e. The maximum atomic E-state index is 12.8. The highest BCUT2D eigenvalue weighted by Crippen LogP contribution is 2.20. The predicted molar refractivity (Wildman–Crippen MR) is 102 cm³/mol. The van der Waals surface area contributed by atoms with Gasteiger partial charge < -0.3 is 10.6 Å². The average molecular weight is 350 g/mol. The fraction of sp³-hybridized carbons (Fsp3) is 0.250. The van der Waals surface area contributed by atoms with Crippen LogP contribution in [-0.4, -0.2) is 27.2 Å². The molecule has 2 aromatic heterocycles. The summed E-state index contributed by atoms with van der Waals surface area (Å²) in [4.78, 5) is 29.6. The van der Waals surface area contributed by atoms with Gasteiger partial charge in [0.15, 0.2) is 5.69 Å². The Labute approximate surface area is 152 Å². The molecule has 0 fully saturated rings. The van der Waals surface area contributed by atoms with Crippen molar-refractivity contribution in [2.75, 3.05) is 5.32 Å². The van der Waals surface area contributed by atoms with Gasteiger partial charge in [0.2, 0.25) is 5.82 Å². The maximum absolute atomic E-state index is 12.8. The van der Waals surface area contributed by atoms with Crippen LogP contribution in [0.3, 0.4) is 0 Å². The second-order valence-corrected chi connectivity index (χ2v) is 6.57. The van der Waals surface area contributed by atoms with E-state index in [9.17, 15) is 9.59 Å². The van der Waals surface area contributed by atoms with E-state index in [1.54, 1.807) is 22.7 Å². The zero-order valence-corrected chi connectivity index (χ0v) is 15.3. The third-order valence-corrected chi connectivity index (χ3v) is 4.24. The zero-order chi connectivity index (χ0) is 18.8. The summed E-state index contributed by atoms with van der Waals surface area (Å²) >= 11 is 0. The Morgan fingerprint density at radius 2 is 1.81 bits per heavy atom. The molecule has 0 saturated carbocycles. The van der Waals surface area contributed by atoms with Gasteiger partial charge in [-0.25, -0.2) is 4.98 Å². The van der Waals surface area contributed by atoms with Gasteiger partial charge in [-0.15, -0.1) is 0 Å². The lowest BCUT2D eigenvalue weighted by atomic mass is 10.1. The lowest BCUT2D eigenvalue weighted by Crippen LogP contribution is -2.31. The van der Waals surface area contributed by atoms with E-state index < -0.39 is 0 Å². The van der Waals surface area contributed by atoms with Crippen LogP contribution in [0.2, 0.25) is 0 Å². The number of hydrogen-bond donors (Lipinski definition) is 2. The highest BCUT2D eigenvalue weighted by atomic mass is 16.2. The van der Waals surface area contributed by atoms with Gasteiger partial charge in [0.25, 0.3) is 11.8 Å². The molecular weight excluding hydrogens is 328 g/mol. The smallest absolute Gasteiger partial charge is 0.287 e. The predicted octanol–water partition coefficient (Wildman–Crippen LogP) is 3.34. The summed E-state index contributed by atoms with van der Waals surface area (Å²) in [5.74, 6) is -0.460. The molecule has 0 aliphatic rings. The number of rotatable bonds is 4. The molecule has 2 amide bonds. The van der Waals surface area contributed by atoms with Gasteiger partial charge >= 0.3 is 0 Å². The largest absolute Gasteiger partial charge is 0.347 e. The van der Waals surface area contributed by atoms with E-state index >= 15 is 0 Å². The topological polar surface area (TPSA) is 75.5 Å². The van der Waals surface area contributed by atoms with E-state index in [2.05, 4.69) is 15.6 Å². The number of fused-ring (bicyclic) bond motifs is 1. The van der Waals surface area contributed by atoms with Crippen LogP contribution < -0.4 is 10.6 Å². The molecule has 0 radical (unpaired) electrons. The molecule has 3 rings (SSSR count). The van der Waals surface area contributed by atoms with Gasteiger partial charge in [-0.05, 0) is 57.0 Å². The summed E-state index contributed by atoms with van der Waals surface area (Å²) < 4.78 is 1.63. The number of nitrogens with one attached hydrogen (secondary N) is 2. The molecule has 134 valence electrons. The minimum absolute atomic E-state index is 0.0224. The van der Waals surface area contributed by atoms with Crippen LogP contribution in [0.1, 0.15) is 46.1 Å². The minimum Gasteiger partial charge on any atom is -0.347 e. The second kappa shape index (κ2) is 7.00. The van der Waals surface area contributed by atoms with Gasteiger partial charge in [-0.3, -0.25) is 14.0 Å². The molecule has 6 heteroatoms. The van der Waals surface area contributed by atoms with Crippen molar-refractivity contribution in [3.63, 3.8) is 0 Å². The van der Waals surface area contributed by atoms with Crippen LogP contribution in [0.25, 0.3) is 5.52 Å². The van der Waals surface area contributed by atoms with Crippen LogP contribution >= 0.6 is 0 Å². The monoisotopic (exact) mass is 350 g/mol. The number of hydrogen-bond acceptors (Lipinski definition) is 3. The summed E-state index contributed by atoms with van der Waals surface area (Å²) in [6, 6.07) is 11.1. The quantitative estimate of drug-likeness (QED) is 0.758. The average Bonchev–Trinajstić information content (AvgIpc) is 2.98. The molecule has 0 atom stereocenters. The van der Waals surface area contributed by atoms with Crippen molar-refractivity contribution in [3.8, 4) is 0 Å². The number of imidazole rings is 1. The van der Waals surface area contributed by atoms with E-state index in [1.165, 1.54) is 0 Å². The first kappa shape index (κ1) is 17.7. The summed E-state index contributed by atoms with van der Waals surface area (Å²) in [5, 5.41) is 5.72. The molecule has 26 heavy (non-hydrogen) atoms. The molecular formula is C20H22N4O2. The number of nitrogens with zero attached hydrogens (tertiary/aromatic N) is 2. The number of pyridine rings is 1. The number of carbonyl (C=O) groups excluding carboxylic acids is 2. The fourth-order valence-corrected chi connectivity index (χ4v) is 2.76. The Balaban J connectivity index is 2.01. The standard InChI is InChI=1S/C20H22N4O2/c1-12(2)21-20(26)18-23-17(16-10-5-6-11-24(16)18)19(25)22-15-9-7-8-13(3)14(15)4/h5-12H,1-4H3,(H,21,26)(H,22,25). The molecule has 3 aromatic rings. The van der Waals surface area contributed by atoms with Gasteiger partial charge in [-0.1, -0.05) is 18.2 Å². The van der Waals surface area contributed by atoms with E-state index in [0.717, 1.165) is 16.8 Å². The normalized spacial score (nSPS) is 11.0. The number of amides is 2. The summed E-state index contributed by atoms with van der Waals surface area (Å²) in [7, 11) is 0. The highest BCUT2D eigenvalue weighted by Gasteiger charge is 2.22. The first-order valence-electron chi connectivity index (χ1n) is 8.54. The molecule has 0 aliphatic carbocycles. The number of aryl methyl sites for hydroxylation is 1. The van der Waals surface area contributed by atoms with E-state index in [4.69, 9.17) is 0 Å². The summed E-state index contributed by atoms with van der Waals surface area (Å²) in [6.45, 7) is 7.70. The lowest BCUT2D eigenvalue weighted by molar-refractivity contribution is 0.0932. The summed E-state index contributed by atoms with van der Waals surface area (Å²) in [5.41, 5.74) is 3.64. The molecule has 0 aliphatic heterocycles. The SMILES string of the molecule is Cc1cccc(NC(=O)c2nc(C(=O)NC(C)C)n3ccccc23)c1C. The van der Waals surface area contributed by atoms with Crippen LogP contribution in [0.15, 0.2) is 42.6 Å². The molecule has 0 spiro atoms. The lowest BCUT2D eigenvalue weighted by Gasteiger charge is -2.09. The van der Waals surface area contributed by atoms with Gasteiger partial charge in [0.05, 0.1) is 5.52 Å².